The zero-order chi connectivity index (χ0) is 23.9. The van der Waals surface area contributed by atoms with Gasteiger partial charge in [-0.05, 0) is 44.0 Å². The van der Waals surface area contributed by atoms with E-state index in [1.807, 2.05) is 13.8 Å². The molecule has 7 nitrogen and oxygen atoms in total. The number of carbonyl (C=O) groups is 2. The van der Waals surface area contributed by atoms with Crippen molar-refractivity contribution >= 4 is 39.1 Å². The van der Waals surface area contributed by atoms with E-state index in [0.29, 0.717) is 22.8 Å². The summed E-state index contributed by atoms with van der Waals surface area (Å²) in [5, 5.41) is 3.25. The lowest BCUT2D eigenvalue weighted by atomic mass is 10.1. The Hall–Kier alpha value is -2.58. The first-order valence-electron chi connectivity index (χ1n) is 10.4. The van der Waals surface area contributed by atoms with Gasteiger partial charge in [0.25, 0.3) is 0 Å². The summed E-state index contributed by atoms with van der Waals surface area (Å²) >= 11 is 6.29. The van der Waals surface area contributed by atoms with Crippen LogP contribution < -0.4 is 9.62 Å². The van der Waals surface area contributed by atoms with Crippen LogP contribution >= 0.6 is 11.6 Å². The Bertz CT molecular complexity index is 1040. The number of benzene rings is 2. The van der Waals surface area contributed by atoms with Crippen molar-refractivity contribution in [3.05, 3.63) is 64.7 Å². The second-order valence-electron chi connectivity index (χ2n) is 7.69. The molecule has 0 aliphatic rings. The average molecular weight is 480 g/mol. The highest BCUT2D eigenvalue weighted by Crippen LogP contribution is 2.21. The molecule has 32 heavy (non-hydrogen) atoms. The van der Waals surface area contributed by atoms with Gasteiger partial charge in [-0.25, -0.2) is 8.42 Å². The molecule has 0 radical (unpaired) electrons. The maximum Gasteiger partial charge on any atom is 0.244 e. The van der Waals surface area contributed by atoms with Crippen molar-refractivity contribution in [3.63, 3.8) is 0 Å². The number of nitrogens with one attached hydrogen (secondary N) is 1. The average Bonchev–Trinajstić information content (AvgIpc) is 2.74. The lowest BCUT2D eigenvalue weighted by molar-refractivity contribution is -0.139. The van der Waals surface area contributed by atoms with Gasteiger partial charge in [0.1, 0.15) is 12.6 Å². The minimum Gasteiger partial charge on any atom is -0.354 e. The summed E-state index contributed by atoms with van der Waals surface area (Å²) in [5.74, 6) is -0.816. The predicted molar refractivity (Wildman–Crippen MR) is 128 cm³/mol. The lowest BCUT2D eigenvalue weighted by Crippen LogP contribution is -2.51. The topological polar surface area (TPSA) is 86.8 Å². The molecule has 0 unspecified atom stereocenters. The molecular formula is C23H30ClN3O4S. The van der Waals surface area contributed by atoms with Gasteiger partial charge in [0.15, 0.2) is 0 Å². The molecular weight excluding hydrogens is 450 g/mol. The maximum atomic E-state index is 13.4. The van der Waals surface area contributed by atoms with E-state index in [2.05, 4.69) is 5.32 Å². The molecule has 0 spiro atoms. The SMILES string of the molecule is CCCNC(=O)[C@H](C)N(Cc1ccccc1Cl)C(=O)CN(c1ccc(C)cc1)S(C)(=O)=O. The second-order valence-corrected chi connectivity index (χ2v) is 10.00. The van der Waals surface area contributed by atoms with Crippen molar-refractivity contribution in [1.82, 2.24) is 10.2 Å². The summed E-state index contributed by atoms with van der Waals surface area (Å²) in [6.07, 6.45) is 1.81. The van der Waals surface area contributed by atoms with E-state index < -0.39 is 28.5 Å². The number of carbonyl (C=O) groups excluding carboxylic acids is 2. The van der Waals surface area contributed by atoms with Gasteiger partial charge in [0.05, 0.1) is 11.9 Å². The molecule has 1 atom stereocenters. The highest BCUT2D eigenvalue weighted by Gasteiger charge is 2.30. The summed E-state index contributed by atoms with van der Waals surface area (Å²) in [6.45, 7) is 5.57. The molecule has 9 heteroatoms. The molecule has 0 heterocycles. The number of rotatable bonds is 10. The molecule has 0 saturated carbocycles. The number of anilines is 1. The van der Waals surface area contributed by atoms with E-state index in [-0.39, 0.29) is 12.5 Å². The highest BCUT2D eigenvalue weighted by atomic mass is 35.5. The molecule has 2 amide bonds. The Morgan fingerprint density at radius 2 is 1.72 bits per heavy atom. The van der Waals surface area contributed by atoms with Crippen molar-refractivity contribution < 1.29 is 18.0 Å². The molecule has 0 aliphatic carbocycles. The summed E-state index contributed by atoms with van der Waals surface area (Å²) in [4.78, 5) is 27.4. The quantitative estimate of drug-likeness (QED) is 0.566. The van der Waals surface area contributed by atoms with Crippen molar-refractivity contribution in [3.8, 4) is 0 Å². The number of halogens is 1. The van der Waals surface area contributed by atoms with E-state index in [1.165, 1.54) is 4.90 Å². The largest absolute Gasteiger partial charge is 0.354 e. The van der Waals surface area contributed by atoms with Gasteiger partial charge < -0.3 is 10.2 Å². The molecule has 0 saturated heterocycles. The Labute approximate surface area is 195 Å². The summed E-state index contributed by atoms with van der Waals surface area (Å²) in [5.41, 5.74) is 2.02. The standard InChI is InChI=1S/C23H30ClN3O4S/c1-5-14-25-23(29)18(3)26(15-19-8-6-7-9-21(19)24)22(28)16-27(32(4,30)31)20-12-10-17(2)11-13-20/h6-13,18H,5,14-16H2,1-4H3,(H,25,29)/t18-/m0/s1. The zero-order valence-electron chi connectivity index (χ0n) is 18.8. The molecule has 2 rings (SSSR count). The van der Waals surface area contributed by atoms with Crippen LogP contribution in [0.3, 0.4) is 0 Å². The maximum absolute atomic E-state index is 13.4. The van der Waals surface area contributed by atoms with Crippen LogP contribution in [0.15, 0.2) is 48.5 Å². The Balaban J connectivity index is 2.37. The Morgan fingerprint density at radius 1 is 1.09 bits per heavy atom. The summed E-state index contributed by atoms with van der Waals surface area (Å²) < 4.78 is 26.0. The fourth-order valence-corrected chi connectivity index (χ4v) is 4.16. The summed E-state index contributed by atoms with van der Waals surface area (Å²) in [6, 6.07) is 13.1. The van der Waals surface area contributed by atoms with E-state index in [9.17, 15) is 18.0 Å². The van der Waals surface area contributed by atoms with E-state index in [1.54, 1.807) is 55.5 Å². The van der Waals surface area contributed by atoms with Crippen LogP contribution in [0.4, 0.5) is 5.69 Å². The molecule has 0 fully saturated rings. The monoisotopic (exact) mass is 479 g/mol. The fourth-order valence-electron chi connectivity index (χ4n) is 3.11. The molecule has 1 N–H and O–H groups in total. The molecule has 2 aromatic carbocycles. The van der Waals surface area contributed by atoms with Gasteiger partial charge in [-0.3, -0.25) is 13.9 Å². The number of aryl methyl sites for hydroxylation is 1. The number of hydrogen-bond acceptors (Lipinski definition) is 4. The first-order chi connectivity index (χ1) is 15.0. The molecule has 2 aromatic rings. The van der Waals surface area contributed by atoms with Gasteiger partial charge in [-0.2, -0.15) is 0 Å². The van der Waals surface area contributed by atoms with Gasteiger partial charge in [-0.15, -0.1) is 0 Å². The fraction of sp³-hybridized carbons (Fsp3) is 0.391. The highest BCUT2D eigenvalue weighted by molar-refractivity contribution is 7.92. The van der Waals surface area contributed by atoms with Crippen LogP contribution in [0, 0.1) is 6.92 Å². The van der Waals surface area contributed by atoms with E-state index >= 15 is 0 Å². The smallest absolute Gasteiger partial charge is 0.244 e. The third-order valence-electron chi connectivity index (χ3n) is 5.02. The van der Waals surface area contributed by atoms with Gasteiger partial charge in [-0.1, -0.05) is 54.4 Å². The normalized spacial score (nSPS) is 12.2. The minimum atomic E-state index is -3.74. The number of nitrogens with zero attached hydrogens (tertiary/aromatic N) is 2. The third-order valence-corrected chi connectivity index (χ3v) is 6.53. The van der Waals surface area contributed by atoms with Crippen molar-refractivity contribution in [1.29, 1.82) is 0 Å². The van der Waals surface area contributed by atoms with Gasteiger partial charge in [0.2, 0.25) is 21.8 Å². The van der Waals surface area contributed by atoms with Crippen molar-refractivity contribution in [2.75, 3.05) is 23.7 Å². The number of amides is 2. The minimum absolute atomic E-state index is 0.0741. The van der Waals surface area contributed by atoms with Crippen LogP contribution in [-0.4, -0.2) is 50.5 Å². The Kier molecular flexibility index (Phi) is 9.09. The first kappa shape index (κ1) is 25.7. The van der Waals surface area contributed by atoms with Crippen LogP contribution in [0.5, 0.6) is 0 Å². The third kappa shape index (κ3) is 6.97. The first-order valence-corrected chi connectivity index (χ1v) is 12.6. The summed E-state index contributed by atoms with van der Waals surface area (Å²) in [7, 11) is -3.74. The zero-order valence-corrected chi connectivity index (χ0v) is 20.4. The van der Waals surface area contributed by atoms with Gasteiger partial charge >= 0.3 is 0 Å². The van der Waals surface area contributed by atoms with E-state index in [4.69, 9.17) is 11.6 Å². The van der Waals surface area contributed by atoms with Crippen LogP contribution in [0.1, 0.15) is 31.4 Å². The molecule has 0 aromatic heterocycles. The van der Waals surface area contributed by atoms with Crippen molar-refractivity contribution in [2.24, 2.45) is 0 Å². The molecule has 0 aliphatic heterocycles. The molecule has 174 valence electrons. The number of sulfonamides is 1. The second kappa shape index (κ2) is 11.3. The Morgan fingerprint density at radius 3 is 2.28 bits per heavy atom. The predicted octanol–water partition coefficient (Wildman–Crippen LogP) is 3.36. The van der Waals surface area contributed by atoms with Crippen LogP contribution in [0.2, 0.25) is 5.02 Å². The van der Waals surface area contributed by atoms with Crippen LogP contribution in [-0.2, 0) is 26.2 Å². The number of hydrogen-bond donors (Lipinski definition) is 1. The van der Waals surface area contributed by atoms with Crippen LogP contribution in [0.25, 0.3) is 0 Å². The molecule has 0 bridgehead atoms. The van der Waals surface area contributed by atoms with Gasteiger partial charge in [0, 0.05) is 18.1 Å². The lowest BCUT2D eigenvalue weighted by Gasteiger charge is -2.31. The van der Waals surface area contributed by atoms with E-state index in [0.717, 1.165) is 22.5 Å². The van der Waals surface area contributed by atoms with Crippen molar-refractivity contribution in [2.45, 2.75) is 39.8 Å².